The summed E-state index contributed by atoms with van der Waals surface area (Å²) >= 11 is 4.30. The van der Waals surface area contributed by atoms with Crippen molar-refractivity contribution in [3.63, 3.8) is 0 Å². The lowest BCUT2D eigenvalue weighted by atomic mass is 9.99. The van der Waals surface area contributed by atoms with E-state index < -0.39 is 12.0 Å². The van der Waals surface area contributed by atoms with Crippen LogP contribution in [0, 0.1) is 5.92 Å². The highest BCUT2D eigenvalue weighted by Gasteiger charge is 2.24. The van der Waals surface area contributed by atoms with Crippen molar-refractivity contribution in [2.75, 3.05) is 12.5 Å². The fourth-order valence-corrected chi connectivity index (χ4v) is 3.13. The van der Waals surface area contributed by atoms with Crippen LogP contribution in [0.4, 0.5) is 0 Å². The second-order valence-electron chi connectivity index (χ2n) is 6.59. The molecule has 148 valence electrons. The van der Waals surface area contributed by atoms with Crippen LogP contribution < -0.4 is 14.8 Å². The lowest BCUT2D eigenvalue weighted by molar-refractivity contribution is -0.148. The van der Waals surface area contributed by atoms with Crippen molar-refractivity contribution >= 4 is 24.5 Å². The number of rotatable bonds is 8. The normalized spacial score (nSPS) is 14.2. The van der Waals surface area contributed by atoms with Crippen molar-refractivity contribution in [2.24, 2.45) is 5.92 Å². The van der Waals surface area contributed by atoms with Gasteiger partial charge in [-0.15, -0.1) is 0 Å². The van der Waals surface area contributed by atoms with Crippen LogP contribution in [0.1, 0.15) is 18.1 Å². The first kappa shape index (κ1) is 20.1. The summed E-state index contributed by atoms with van der Waals surface area (Å²) in [6.07, 6.45) is 0.484. The Hall–Kier alpha value is -2.67. The smallest absolute Gasteiger partial charge is 0.328 e. The molecule has 0 fully saturated rings. The van der Waals surface area contributed by atoms with Crippen LogP contribution >= 0.6 is 12.6 Å². The highest BCUT2D eigenvalue weighted by Crippen LogP contribution is 2.33. The predicted octanol–water partition coefficient (Wildman–Crippen LogP) is 2.75. The number of hydrogen-bond acceptors (Lipinski definition) is 6. The van der Waals surface area contributed by atoms with Crippen molar-refractivity contribution in [1.82, 2.24) is 5.32 Å². The zero-order valence-electron chi connectivity index (χ0n) is 15.6. The van der Waals surface area contributed by atoms with Crippen LogP contribution in [-0.2, 0) is 27.4 Å². The van der Waals surface area contributed by atoms with Gasteiger partial charge in [-0.2, -0.15) is 12.6 Å². The molecule has 1 amide bonds. The zero-order chi connectivity index (χ0) is 19.9. The average Bonchev–Trinajstić information content (AvgIpc) is 3.18. The van der Waals surface area contributed by atoms with Crippen LogP contribution in [0.25, 0.3) is 0 Å². The molecular weight excluding hydrogens is 378 g/mol. The minimum atomic E-state index is -0.740. The largest absolute Gasteiger partial charge is 0.459 e. The van der Waals surface area contributed by atoms with Crippen LogP contribution in [0.5, 0.6) is 11.5 Å². The Morgan fingerprint density at radius 1 is 1.11 bits per heavy atom. The van der Waals surface area contributed by atoms with Gasteiger partial charge in [0.1, 0.15) is 12.6 Å². The first-order chi connectivity index (χ1) is 13.6. The Morgan fingerprint density at radius 2 is 1.86 bits per heavy atom. The van der Waals surface area contributed by atoms with E-state index in [-0.39, 0.29) is 25.2 Å². The number of amides is 1. The summed E-state index contributed by atoms with van der Waals surface area (Å²) < 4.78 is 15.9. The average molecular weight is 401 g/mol. The fourth-order valence-electron chi connectivity index (χ4n) is 2.84. The standard InChI is InChI=1S/C21H23NO5S/c1-14(21(24)25-11-15-5-3-2-4-6-15)22-20(23)17(12-28)9-16-7-8-18-19(10-16)27-13-26-18/h2-8,10,14,17,28H,9,11-13H2,1H3,(H,22,23)/t14-,17+/m0/s1. The summed E-state index contributed by atoms with van der Waals surface area (Å²) in [6.45, 7) is 1.99. The molecule has 7 heteroatoms. The summed E-state index contributed by atoms with van der Waals surface area (Å²) in [5, 5.41) is 2.72. The third-order valence-electron chi connectivity index (χ3n) is 4.45. The van der Waals surface area contributed by atoms with Crippen LogP contribution in [0.3, 0.4) is 0 Å². The zero-order valence-corrected chi connectivity index (χ0v) is 16.5. The van der Waals surface area contributed by atoms with Gasteiger partial charge >= 0.3 is 5.97 Å². The number of ether oxygens (including phenoxy) is 3. The number of carbonyl (C=O) groups is 2. The predicted molar refractivity (Wildman–Crippen MR) is 107 cm³/mol. The van der Waals surface area contributed by atoms with Gasteiger partial charge in [0.05, 0.1) is 5.92 Å². The second kappa shape index (κ2) is 9.50. The van der Waals surface area contributed by atoms with Gasteiger partial charge in [0.2, 0.25) is 12.7 Å². The van der Waals surface area contributed by atoms with E-state index in [4.69, 9.17) is 14.2 Å². The van der Waals surface area contributed by atoms with Crippen LogP contribution in [0.2, 0.25) is 0 Å². The van der Waals surface area contributed by atoms with Crippen LogP contribution in [-0.4, -0.2) is 30.5 Å². The Balaban J connectivity index is 1.51. The quantitative estimate of drug-likeness (QED) is 0.526. The van der Waals surface area contributed by atoms with Gasteiger partial charge in [-0.1, -0.05) is 36.4 Å². The maximum absolute atomic E-state index is 12.6. The Morgan fingerprint density at radius 3 is 2.61 bits per heavy atom. The lowest BCUT2D eigenvalue weighted by Gasteiger charge is -2.18. The van der Waals surface area contributed by atoms with Gasteiger partial charge in [0, 0.05) is 5.75 Å². The minimum Gasteiger partial charge on any atom is -0.459 e. The molecule has 0 saturated heterocycles. The fraction of sp³-hybridized carbons (Fsp3) is 0.333. The Bertz CT molecular complexity index is 827. The SMILES string of the molecule is C[C@H](NC(=O)[C@@H](CS)Cc1ccc2c(c1)OCO2)C(=O)OCc1ccccc1. The maximum Gasteiger partial charge on any atom is 0.328 e. The number of hydrogen-bond donors (Lipinski definition) is 2. The number of benzene rings is 2. The van der Waals surface area contributed by atoms with E-state index in [1.54, 1.807) is 6.92 Å². The third-order valence-corrected chi connectivity index (χ3v) is 4.89. The first-order valence-corrected chi connectivity index (χ1v) is 9.70. The number of fused-ring (bicyclic) bond motifs is 1. The Labute approximate surface area is 169 Å². The highest BCUT2D eigenvalue weighted by molar-refractivity contribution is 7.80. The molecule has 2 aromatic rings. The number of esters is 1. The lowest BCUT2D eigenvalue weighted by Crippen LogP contribution is -2.43. The number of thiol groups is 1. The molecule has 0 aliphatic carbocycles. The summed E-state index contributed by atoms with van der Waals surface area (Å²) in [7, 11) is 0. The molecule has 28 heavy (non-hydrogen) atoms. The number of nitrogens with one attached hydrogen (secondary N) is 1. The molecule has 0 spiro atoms. The van der Waals surface area contributed by atoms with E-state index in [2.05, 4.69) is 17.9 Å². The van der Waals surface area contributed by atoms with E-state index >= 15 is 0 Å². The van der Waals surface area contributed by atoms with Gasteiger partial charge < -0.3 is 19.5 Å². The summed E-state index contributed by atoms with van der Waals surface area (Å²) in [5.74, 6) is 0.633. The van der Waals surface area contributed by atoms with E-state index in [0.29, 0.717) is 23.7 Å². The molecule has 1 heterocycles. The molecule has 1 N–H and O–H groups in total. The van der Waals surface area contributed by atoms with Gasteiger partial charge in [-0.25, -0.2) is 4.79 Å². The summed E-state index contributed by atoms with van der Waals surface area (Å²) in [6, 6.07) is 14.2. The monoisotopic (exact) mass is 401 g/mol. The molecule has 1 aliphatic heterocycles. The third kappa shape index (κ3) is 5.19. The molecule has 6 nitrogen and oxygen atoms in total. The van der Waals surface area contributed by atoms with Gasteiger partial charge in [-0.05, 0) is 36.6 Å². The summed E-state index contributed by atoms with van der Waals surface area (Å²) in [4.78, 5) is 24.7. The molecule has 0 unspecified atom stereocenters. The number of carbonyl (C=O) groups excluding carboxylic acids is 2. The van der Waals surface area contributed by atoms with Crippen molar-refractivity contribution in [1.29, 1.82) is 0 Å². The molecule has 2 aromatic carbocycles. The van der Waals surface area contributed by atoms with E-state index in [1.807, 2.05) is 48.5 Å². The molecular formula is C21H23NO5S. The highest BCUT2D eigenvalue weighted by atomic mass is 32.1. The van der Waals surface area contributed by atoms with Gasteiger partial charge in [0.15, 0.2) is 11.5 Å². The van der Waals surface area contributed by atoms with Gasteiger partial charge in [-0.3, -0.25) is 4.79 Å². The molecule has 0 saturated carbocycles. The van der Waals surface area contributed by atoms with Crippen molar-refractivity contribution in [2.45, 2.75) is 26.0 Å². The van der Waals surface area contributed by atoms with Crippen molar-refractivity contribution in [3.05, 3.63) is 59.7 Å². The molecule has 3 rings (SSSR count). The first-order valence-electron chi connectivity index (χ1n) is 9.07. The van der Waals surface area contributed by atoms with Crippen molar-refractivity contribution < 1.29 is 23.8 Å². The van der Waals surface area contributed by atoms with E-state index in [1.165, 1.54) is 0 Å². The Kier molecular flexibility index (Phi) is 6.81. The van der Waals surface area contributed by atoms with Crippen LogP contribution in [0.15, 0.2) is 48.5 Å². The van der Waals surface area contributed by atoms with Crippen molar-refractivity contribution in [3.8, 4) is 11.5 Å². The minimum absolute atomic E-state index is 0.174. The second-order valence-corrected chi connectivity index (χ2v) is 6.96. The molecule has 1 aliphatic rings. The molecule has 0 aromatic heterocycles. The van der Waals surface area contributed by atoms with E-state index in [9.17, 15) is 9.59 Å². The van der Waals surface area contributed by atoms with Gasteiger partial charge in [0.25, 0.3) is 0 Å². The summed E-state index contributed by atoms with van der Waals surface area (Å²) in [5.41, 5.74) is 1.84. The molecule has 0 bridgehead atoms. The topological polar surface area (TPSA) is 73.9 Å². The van der Waals surface area contributed by atoms with E-state index in [0.717, 1.165) is 11.1 Å². The molecule has 0 radical (unpaired) electrons. The maximum atomic E-state index is 12.6. The molecule has 2 atom stereocenters.